The predicted molar refractivity (Wildman–Crippen MR) is 118 cm³/mol. The molecular weight excluding hydrogens is 454 g/mol. The highest BCUT2D eigenvalue weighted by Crippen LogP contribution is 2.32. The van der Waals surface area contributed by atoms with Crippen LogP contribution in [0.25, 0.3) is 0 Å². The van der Waals surface area contributed by atoms with E-state index >= 15 is 0 Å². The third-order valence-electron chi connectivity index (χ3n) is 4.18. The van der Waals surface area contributed by atoms with Crippen molar-refractivity contribution in [3.05, 3.63) is 104 Å². The van der Waals surface area contributed by atoms with Gasteiger partial charge in [0.05, 0.1) is 16.3 Å². The first-order valence-corrected chi connectivity index (χ1v) is 9.85. The van der Waals surface area contributed by atoms with E-state index in [1.807, 2.05) is 0 Å². The predicted octanol–water partition coefficient (Wildman–Crippen LogP) is 5.69. The third kappa shape index (κ3) is 4.92. The van der Waals surface area contributed by atoms with Crippen molar-refractivity contribution in [3.8, 4) is 0 Å². The molecule has 0 aromatic heterocycles. The highest BCUT2D eigenvalue weighted by Gasteiger charge is 2.40. The van der Waals surface area contributed by atoms with Crippen molar-refractivity contribution >= 4 is 58.5 Å². The SMILES string of the molecule is O=C(N/N=C/c1ccc(Cl)c(Cl)c1)C(O)(c1ccc(Cl)cc1)c1ccc(Cl)cc1. The highest BCUT2D eigenvalue weighted by atomic mass is 35.5. The Balaban J connectivity index is 1.91. The fourth-order valence-corrected chi connectivity index (χ4v) is 3.21. The van der Waals surface area contributed by atoms with Crippen LogP contribution in [0.15, 0.2) is 71.8 Å². The first-order valence-electron chi connectivity index (χ1n) is 8.33. The van der Waals surface area contributed by atoms with Gasteiger partial charge < -0.3 is 5.11 Å². The van der Waals surface area contributed by atoms with Gasteiger partial charge in [-0.05, 0) is 53.1 Å². The molecule has 0 aliphatic carbocycles. The van der Waals surface area contributed by atoms with Crippen molar-refractivity contribution in [3.63, 3.8) is 0 Å². The van der Waals surface area contributed by atoms with Crippen LogP contribution in [0.2, 0.25) is 20.1 Å². The molecule has 1 amide bonds. The number of hydrogen-bond acceptors (Lipinski definition) is 3. The molecule has 8 heteroatoms. The van der Waals surface area contributed by atoms with Crippen molar-refractivity contribution in [1.29, 1.82) is 0 Å². The number of carbonyl (C=O) groups excluding carboxylic acids is 1. The molecular formula is C21H14Cl4N2O2. The van der Waals surface area contributed by atoms with Crippen molar-refractivity contribution < 1.29 is 9.90 Å². The molecule has 3 aromatic carbocycles. The normalized spacial score (nSPS) is 11.6. The van der Waals surface area contributed by atoms with E-state index in [4.69, 9.17) is 46.4 Å². The molecule has 148 valence electrons. The Hall–Kier alpha value is -2.08. The number of hydrogen-bond donors (Lipinski definition) is 2. The van der Waals surface area contributed by atoms with E-state index in [1.54, 1.807) is 66.7 Å². The number of rotatable bonds is 5. The van der Waals surface area contributed by atoms with Crippen molar-refractivity contribution in [1.82, 2.24) is 5.43 Å². The van der Waals surface area contributed by atoms with Gasteiger partial charge in [0, 0.05) is 10.0 Å². The Morgan fingerprint density at radius 3 is 1.83 bits per heavy atom. The molecule has 3 rings (SSSR count). The van der Waals surface area contributed by atoms with Crippen LogP contribution in [-0.2, 0) is 10.4 Å². The zero-order valence-electron chi connectivity index (χ0n) is 14.7. The molecule has 4 nitrogen and oxygen atoms in total. The Labute approximate surface area is 187 Å². The second-order valence-electron chi connectivity index (χ2n) is 6.10. The summed E-state index contributed by atoms with van der Waals surface area (Å²) in [5.74, 6) is -0.751. The van der Waals surface area contributed by atoms with Crippen molar-refractivity contribution in [2.75, 3.05) is 0 Å². The minimum absolute atomic E-state index is 0.325. The van der Waals surface area contributed by atoms with E-state index in [1.165, 1.54) is 6.21 Å². The van der Waals surface area contributed by atoms with Gasteiger partial charge in [-0.3, -0.25) is 4.79 Å². The minimum atomic E-state index is -2.01. The summed E-state index contributed by atoms with van der Waals surface area (Å²) < 4.78 is 0. The smallest absolute Gasteiger partial charge is 0.281 e. The number of aliphatic hydroxyl groups is 1. The maximum atomic E-state index is 13.0. The summed E-state index contributed by atoms with van der Waals surface area (Å²) in [5.41, 5.74) is 1.64. The van der Waals surface area contributed by atoms with Gasteiger partial charge in [0.15, 0.2) is 5.60 Å². The molecule has 0 atom stereocenters. The van der Waals surface area contributed by atoms with Crippen LogP contribution >= 0.6 is 46.4 Å². The molecule has 0 spiro atoms. The number of benzene rings is 3. The molecule has 0 aliphatic heterocycles. The summed E-state index contributed by atoms with van der Waals surface area (Å²) >= 11 is 23.7. The summed E-state index contributed by atoms with van der Waals surface area (Å²) in [6, 6.07) is 17.5. The van der Waals surface area contributed by atoms with Gasteiger partial charge in [0.1, 0.15) is 0 Å². The van der Waals surface area contributed by atoms with Gasteiger partial charge in [-0.2, -0.15) is 5.10 Å². The molecule has 3 aromatic rings. The van der Waals surface area contributed by atoms with E-state index in [-0.39, 0.29) is 0 Å². The van der Waals surface area contributed by atoms with Crippen LogP contribution in [0.1, 0.15) is 16.7 Å². The molecule has 0 bridgehead atoms. The number of carbonyl (C=O) groups is 1. The monoisotopic (exact) mass is 466 g/mol. The molecule has 0 aliphatic rings. The van der Waals surface area contributed by atoms with Crippen LogP contribution < -0.4 is 5.43 Å². The first kappa shape index (κ1) is 21.6. The maximum absolute atomic E-state index is 13.0. The molecule has 0 heterocycles. The Kier molecular flexibility index (Phi) is 6.83. The number of amides is 1. The third-order valence-corrected chi connectivity index (χ3v) is 5.42. The van der Waals surface area contributed by atoms with Crippen molar-refractivity contribution in [2.45, 2.75) is 5.60 Å². The van der Waals surface area contributed by atoms with Gasteiger partial charge in [0.2, 0.25) is 0 Å². The lowest BCUT2D eigenvalue weighted by Crippen LogP contribution is -2.43. The Morgan fingerprint density at radius 2 is 1.34 bits per heavy atom. The quantitative estimate of drug-likeness (QED) is 0.374. The summed E-state index contributed by atoms with van der Waals surface area (Å²) in [4.78, 5) is 13.0. The lowest BCUT2D eigenvalue weighted by Gasteiger charge is -2.27. The average molecular weight is 468 g/mol. The maximum Gasteiger partial charge on any atom is 0.281 e. The minimum Gasteiger partial charge on any atom is -0.372 e. The molecule has 29 heavy (non-hydrogen) atoms. The standard InChI is InChI=1S/C21H14Cl4N2O2/c22-16-6-2-14(3-7-16)21(29,15-4-8-17(23)9-5-15)20(28)27-26-12-13-1-10-18(24)19(25)11-13/h1-12,29H,(H,27,28)/b26-12+. The van der Waals surface area contributed by atoms with E-state index in [9.17, 15) is 9.90 Å². The summed E-state index contributed by atoms with van der Waals surface area (Å²) in [5, 5.41) is 17.0. The highest BCUT2D eigenvalue weighted by molar-refractivity contribution is 6.42. The lowest BCUT2D eigenvalue weighted by atomic mass is 9.85. The second kappa shape index (κ2) is 9.16. The van der Waals surface area contributed by atoms with Gasteiger partial charge in [-0.15, -0.1) is 0 Å². The summed E-state index contributed by atoms with van der Waals surface area (Å²) in [7, 11) is 0. The number of halogens is 4. The van der Waals surface area contributed by atoms with E-state index < -0.39 is 11.5 Å². The summed E-state index contributed by atoms with van der Waals surface area (Å²) in [6.07, 6.45) is 1.39. The van der Waals surface area contributed by atoms with Crippen LogP contribution in [-0.4, -0.2) is 17.2 Å². The van der Waals surface area contributed by atoms with Gasteiger partial charge in [-0.25, -0.2) is 5.43 Å². The van der Waals surface area contributed by atoms with E-state index in [0.29, 0.717) is 36.8 Å². The molecule has 2 N–H and O–H groups in total. The topological polar surface area (TPSA) is 61.7 Å². The average Bonchev–Trinajstić information content (AvgIpc) is 2.71. The van der Waals surface area contributed by atoms with Crippen LogP contribution in [0.5, 0.6) is 0 Å². The summed E-state index contributed by atoms with van der Waals surface area (Å²) in [6.45, 7) is 0. The first-order chi connectivity index (χ1) is 13.8. The van der Waals surface area contributed by atoms with Crippen molar-refractivity contribution in [2.24, 2.45) is 5.10 Å². The fraction of sp³-hybridized carbons (Fsp3) is 0.0476. The van der Waals surface area contributed by atoms with Crippen LogP contribution in [0.3, 0.4) is 0 Å². The largest absolute Gasteiger partial charge is 0.372 e. The van der Waals surface area contributed by atoms with Crippen LogP contribution in [0.4, 0.5) is 0 Å². The van der Waals surface area contributed by atoms with Gasteiger partial charge >= 0.3 is 0 Å². The fourth-order valence-electron chi connectivity index (χ4n) is 2.65. The Morgan fingerprint density at radius 1 is 0.828 bits per heavy atom. The zero-order chi connectivity index (χ0) is 21.0. The number of hydrazone groups is 1. The molecule has 0 saturated carbocycles. The zero-order valence-corrected chi connectivity index (χ0v) is 17.8. The molecule has 0 unspecified atom stereocenters. The van der Waals surface area contributed by atoms with E-state index in [2.05, 4.69) is 10.5 Å². The number of nitrogens with one attached hydrogen (secondary N) is 1. The Bertz CT molecular complexity index is 1010. The molecule has 0 saturated heterocycles. The van der Waals surface area contributed by atoms with Crippen LogP contribution in [0, 0.1) is 0 Å². The van der Waals surface area contributed by atoms with E-state index in [0.717, 1.165) is 0 Å². The molecule has 0 fully saturated rings. The second-order valence-corrected chi connectivity index (χ2v) is 7.78. The number of nitrogens with zero attached hydrogens (tertiary/aromatic N) is 1. The lowest BCUT2D eigenvalue weighted by molar-refractivity contribution is -0.136. The van der Waals surface area contributed by atoms with Gasteiger partial charge in [0.25, 0.3) is 5.91 Å². The molecule has 0 radical (unpaired) electrons. The van der Waals surface area contributed by atoms with Gasteiger partial charge in [-0.1, -0.05) is 76.7 Å².